The van der Waals surface area contributed by atoms with E-state index >= 15 is 0 Å². The number of carbonyl (C=O) groups excluding carboxylic acids is 2. The van der Waals surface area contributed by atoms with Crippen molar-refractivity contribution in [1.82, 2.24) is 19.4 Å². The number of rotatable bonds is 8. The Morgan fingerprint density at radius 3 is 2.62 bits per heavy atom. The maximum absolute atomic E-state index is 13.1. The van der Waals surface area contributed by atoms with E-state index in [1.165, 1.54) is 16.4 Å². The van der Waals surface area contributed by atoms with Gasteiger partial charge in [-0.1, -0.05) is 19.9 Å². The molecule has 1 spiro atoms. The van der Waals surface area contributed by atoms with Crippen LogP contribution in [0.2, 0.25) is 0 Å². The molecule has 0 bridgehead atoms. The van der Waals surface area contributed by atoms with Crippen LogP contribution in [-0.4, -0.2) is 87.0 Å². The molecule has 2 fully saturated rings. The number of aromatic nitrogens is 2. The minimum atomic E-state index is -3.73. The average molecular weight is 575 g/mol. The van der Waals surface area contributed by atoms with Gasteiger partial charge in [0.2, 0.25) is 10.0 Å². The first-order valence-corrected chi connectivity index (χ1v) is 15.5. The van der Waals surface area contributed by atoms with Gasteiger partial charge in [0.15, 0.2) is 0 Å². The summed E-state index contributed by atoms with van der Waals surface area (Å²) in [4.78, 5) is 26.0. The topological polar surface area (TPSA) is 129 Å². The van der Waals surface area contributed by atoms with Crippen molar-refractivity contribution in [2.45, 2.75) is 51.0 Å². The first kappa shape index (κ1) is 28.7. The smallest absolute Gasteiger partial charge is 0.338 e. The summed E-state index contributed by atoms with van der Waals surface area (Å²) >= 11 is 0. The van der Waals surface area contributed by atoms with Crippen LogP contribution in [0.1, 0.15) is 58.8 Å². The molecular formula is C28H38N4O7S. The van der Waals surface area contributed by atoms with Gasteiger partial charge in [0.25, 0.3) is 5.91 Å². The van der Waals surface area contributed by atoms with Crippen molar-refractivity contribution in [2.75, 3.05) is 52.7 Å². The molecule has 3 aliphatic rings. The fraction of sp³-hybridized carbons (Fsp3) is 0.607. The van der Waals surface area contributed by atoms with E-state index in [0.717, 1.165) is 30.7 Å². The molecule has 40 heavy (non-hydrogen) atoms. The highest BCUT2D eigenvalue weighted by Crippen LogP contribution is 2.37. The number of carbonyl (C=O) groups is 2. The van der Waals surface area contributed by atoms with Crippen molar-refractivity contribution in [2.24, 2.45) is 11.3 Å². The van der Waals surface area contributed by atoms with Crippen molar-refractivity contribution < 1.29 is 32.2 Å². The lowest BCUT2D eigenvalue weighted by Crippen LogP contribution is -2.41. The Labute approximate surface area is 235 Å². The van der Waals surface area contributed by atoms with Crippen molar-refractivity contribution in [3.8, 4) is 0 Å². The van der Waals surface area contributed by atoms with Gasteiger partial charge >= 0.3 is 5.97 Å². The third-order valence-electron chi connectivity index (χ3n) is 8.07. The Kier molecular flexibility index (Phi) is 8.60. The first-order valence-electron chi connectivity index (χ1n) is 14.0. The highest BCUT2D eigenvalue weighted by molar-refractivity contribution is 7.89. The average Bonchev–Trinajstić information content (AvgIpc) is 3.24. The molecule has 218 valence electrons. The summed E-state index contributed by atoms with van der Waals surface area (Å²) in [7, 11) is -3.73. The van der Waals surface area contributed by atoms with E-state index in [2.05, 4.69) is 5.32 Å². The fourth-order valence-corrected chi connectivity index (χ4v) is 7.15. The number of esters is 1. The summed E-state index contributed by atoms with van der Waals surface area (Å²) in [5.41, 5.74) is 2.52. The normalized spacial score (nSPS) is 20.4. The molecule has 0 unspecified atom stereocenters. The second kappa shape index (κ2) is 12.0. The molecule has 0 aliphatic carbocycles. The lowest BCUT2D eigenvalue weighted by molar-refractivity contribution is 0.0151. The number of nitrogens with one attached hydrogen (secondary N) is 1. The largest absolute Gasteiger partial charge is 0.462 e. The maximum Gasteiger partial charge on any atom is 0.338 e. The lowest BCUT2D eigenvalue weighted by atomic mass is 9.76. The van der Waals surface area contributed by atoms with Gasteiger partial charge in [-0.05, 0) is 49.3 Å². The molecule has 1 aromatic heterocycles. The minimum absolute atomic E-state index is 0.0514. The summed E-state index contributed by atoms with van der Waals surface area (Å²) in [5, 5.41) is 7.92. The van der Waals surface area contributed by atoms with Gasteiger partial charge in [0, 0.05) is 45.3 Å². The number of hydrogen-bond donors (Lipinski definition) is 1. The Morgan fingerprint density at radius 1 is 1.18 bits per heavy atom. The standard InChI is InChI=1S/C28H38N4O7S/c1-3-23-25-24(16-28(19-29-26(25)33)7-11-37-12-8-28)32(30-23)17-20(2)18-39-27(34)21-5-4-6-22(15-21)40(35,36)31-9-13-38-14-10-31/h4-6,15,20H,3,7-14,16-19H2,1-2H3,(H,29,33)/t20-/m1/s1. The Balaban J connectivity index is 1.27. The zero-order valence-corrected chi connectivity index (χ0v) is 24.0. The molecule has 2 saturated heterocycles. The molecule has 2 aromatic rings. The Hall–Kier alpha value is -2.80. The van der Waals surface area contributed by atoms with Gasteiger partial charge < -0.3 is 19.5 Å². The SMILES string of the molecule is CCc1nn(C[C@@H](C)COC(=O)c2cccc(S(=O)(=O)N3CCOCC3)c2)c2c1C(=O)NCC1(CCOCC1)C2. The van der Waals surface area contributed by atoms with Gasteiger partial charge in [-0.25, -0.2) is 13.2 Å². The van der Waals surface area contributed by atoms with Crippen LogP contribution in [-0.2, 0) is 43.6 Å². The number of sulfonamides is 1. The van der Waals surface area contributed by atoms with Crippen molar-refractivity contribution in [3.05, 3.63) is 46.8 Å². The predicted molar refractivity (Wildman–Crippen MR) is 146 cm³/mol. The Bertz CT molecular complexity index is 1340. The van der Waals surface area contributed by atoms with Crippen LogP contribution in [0, 0.1) is 11.3 Å². The molecule has 5 rings (SSSR count). The number of fused-ring (bicyclic) bond motifs is 1. The highest BCUT2D eigenvalue weighted by Gasteiger charge is 2.39. The molecule has 1 aromatic carbocycles. The summed E-state index contributed by atoms with van der Waals surface area (Å²) < 4.78 is 45.8. The molecule has 4 heterocycles. The molecule has 11 nitrogen and oxygen atoms in total. The van der Waals surface area contributed by atoms with Crippen LogP contribution < -0.4 is 5.32 Å². The number of nitrogens with zero attached hydrogens (tertiary/aromatic N) is 3. The number of ether oxygens (including phenoxy) is 3. The van der Waals surface area contributed by atoms with Crippen molar-refractivity contribution in [1.29, 1.82) is 0 Å². The van der Waals surface area contributed by atoms with Gasteiger partial charge in [-0.15, -0.1) is 0 Å². The summed E-state index contributed by atoms with van der Waals surface area (Å²) in [6.45, 7) is 7.81. The van der Waals surface area contributed by atoms with Crippen LogP contribution in [0.15, 0.2) is 29.2 Å². The molecule has 0 saturated carbocycles. The molecular weight excluding hydrogens is 536 g/mol. The van der Waals surface area contributed by atoms with Gasteiger partial charge in [0.05, 0.1) is 47.2 Å². The summed E-state index contributed by atoms with van der Waals surface area (Å²) in [6, 6.07) is 5.96. The lowest BCUT2D eigenvalue weighted by Gasteiger charge is -2.36. The number of hydrogen-bond acceptors (Lipinski definition) is 8. The second-order valence-corrected chi connectivity index (χ2v) is 13.0. The van der Waals surface area contributed by atoms with E-state index < -0.39 is 16.0 Å². The quantitative estimate of drug-likeness (QED) is 0.475. The zero-order chi connectivity index (χ0) is 28.3. The minimum Gasteiger partial charge on any atom is -0.462 e. The predicted octanol–water partition coefficient (Wildman–Crippen LogP) is 2.04. The zero-order valence-electron chi connectivity index (χ0n) is 23.2. The maximum atomic E-state index is 13.1. The van der Waals surface area contributed by atoms with Gasteiger partial charge in [-0.3, -0.25) is 9.48 Å². The van der Waals surface area contributed by atoms with Crippen LogP contribution in [0.5, 0.6) is 0 Å². The van der Waals surface area contributed by atoms with E-state index in [-0.39, 0.29) is 47.4 Å². The monoisotopic (exact) mass is 574 g/mol. The van der Waals surface area contributed by atoms with Crippen LogP contribution in [0.25, 0.3) is 0 Å². The molecule has 12 heteroatoms. The van der Waals surface area contributed by atoms with E-state index in [1.807, 2.05) is 18.5 Å². The third kappa shape index (κ3) is 5.95. The van der Waals surface area contributed by atoms with E-state index in [4.69, 9.17) is 19.3 Å². The van der Waals surface area contributed by atoms with E-state index in [0.29, 0.717) is 51.5 Å². The van der Waals surface area contributed by atoms with Gasteiger partial charge in [-0.2, -0.15) is 9.40 Å². The Morgan fingerprint density at radius 2 is 1.90 bits per heavy atom. The molecule has 0 radical (unpaired) electrons. The van der Waals surface area contributed by atoms with Gasteiger partial charge in [0.1, 0.15) is 0 Å². The second-order valence-electron chi connectivity index (χ2n) is 11.0. The van der Waals surface area contributed by atoms with E-state index in [9.17, 15) is 18.0 Å². The molecule has 3 aliphatic heterocycles. The van der Waals surface area contributed by atoms with Crippen LogP contribution >= 0.6 is 0 Å². The summed E-state index contributed by atoms with van der Waals surface area (Å²) in [5.74, 6) is -0.748. The van der Waals surface area contributed by atoms with Crippen LogP contribution in [0.4, 0.5) is 0 Å². The van der Waals surface area contributed by atoms with E-state index in [1.54, 1.807) is 12.1 Å². The number of amides is 1. The number of aryl methyl sites for hydroxylation is 1. The number of morpholine rings is 1. The van der Waals surface area contributed by atoms with Crippen molar-refractivity contribution >= 4 is 21.9 Å². The van der Waals surface area contributed by atoms with Crippen molar-refractivity contribution in [3.63, 3.8) is 0 Å². The summed E-state index contributed by atoms with van der Waals surface area (Å²) in [6.07, 6.45) is 3.15. The third-order valence-corrected chi connectivity index (χ3v) is 9.97. The first-order chi connectivity index (χ1) is 19.2. The highest BCUT2D eigenvalue weighted by atomic mass is 32.2. The van der Waals surface area contributed by atoms with Crippen LogP contribution in [0.3, 0.4) is 0 Å². The molecule has 1 atom stereocenters. The number of benzene rings is 1. The fourth-order valence-electron chi connectivity index (χ4n) is 5.69. The molecule has 1 N–H and O–H groups in total. The molecule has 1 amide bonds.